The summed E-state index contributed by atoms with van der Waals surface area (Å²) in [6, 6.07) is -0.644. The van der Waals surface area contributed by atoms with Gasteiger partial charge in [0.15, 0.2) is 0 Å². The zero-order chi connectivity index (χ0) is 45.6. The number of rotatable bonds is 53. The Hall–Kier alpha value is -1.39. The van der Waals surface area contributed by atoms with E-state index in [9.17, 15) is 15.0 Å². The molecule has 63 heavy (non-hydrogen) atoms. The third kappa shape index (κ3) is 51.5. The highest BCUT2D eigenvalue weighted by Crippen LogP contribution is 2.17. The Labute approximate surface area is 395 Å². The Morgan fingerprint density at radius 3 is 0.921 bits per heavy atom. The van der Waals surface area contributed by atoms with Crippen LogP contribution in [0.5, 0.6) is 0 Å². The summed E-state index contributed by atoms with van der Waals surface area (Å²) in [4.78, 5) is 12.5. The third-order valence-electron chi connectivity index (χ3n) is 13.4. The van der Waals surface area contributed by atoms with Crippen molar-refractivity contribution in [3.63, 3.8) is 0 Å². The number of carbonyl (C=O) groups excluding carboxylic acids is 1. The molecule has 0 aromatic carbocycles. The summed E-state index contributed by atoms with van der Waals surface area (Å²) >= 11 is 0. The van der Waals surface area contributed by atoms with Crippen LogP contribution in [0.3, 0.4) is 0 Å². The largest absolute Gasteiger partial charge is 0.394 e. The highest BCUT2D eigenvalue weighted by Gasteiger charge is 2.18. The van der Waals surface area contributed by atoms with Crippen LogP contribution < -0.4 is 5.32 Å². The number of allylic oxidation sites excluding steroid dienone is 5. The summed E-state index contributed by atoms with van der Waals surface area (Å²) < 4.78 is 0. The maximum Gasteiger partial charge on any atom is 0.220 e. The zero-order valence-corrected chi connectivity index (χ0v) is 42.9. The first kappa shape index (κ1) is 61.6. The molecule has 0 aliphatic rings. The van der Waals surface area contributed by atoms with Crippen LogP contribution in [-0.2, 0) is 4.79 Å². The Morgan fingerprint density at radius 2 is 0.619 bits per heavy atom. The summed E-state index contributed by atoms with van der Waals surface area (Å²) in [5.74, 6) is -0.0717. The summed E-state index contributed by atoms with van der Waals surface area (Å²) in [6.45, 7) is 4.33. The predicted octanol–water partition coefficient (Wildman–Crippen LogP) is 18.9. The van der Waals surface area contributed by atoms with Crippen molar-refractivity contribution in [2.45, 2.75) is 328 Å². The van der Waals surface area contributed by atoms with Crippen molar-refractivity contribution in [3.05, 3.63) is 36.5 Å². The van der Waals surface area contributed by atoms with E-state index in [1.165, 1.54) is 257 Å². The minimum absolute atomic E-state index is 0.0717. The second-order valence-electron chi connectivity index (χ2n) is 19.7. The molecule has 0 aromatic heterocycles. The second-order valence-corrected chi connectivity index (χ2v) is 19.7. The quantitative estimate of drug-likeness (QED) is 0.0421. The summed E-state index contributed by atoms with van der Waals surface area (Å²) in [7, 11) is 0. The van der Waals surface area contributed by atoms with Gasteiger partial charge in [-0.15, -0.1) is 0 Å². The molecule has 0 saturated carbocycles. The molecule has 372 valence electrons. The number of hydrogen-bond donors (Lipinski definition) is 3. The van der Waals surface area contributed by atoms with E-state index in [0.717, 1.165) is 38.5 Å². The van der Waals surface area contributed by atoms with Crippen LogP contribution in [0.25, 0.3) is 0 Å². The highest BCUT2D eigenvalue weighted by molar-refractivity contribution is 5.76. The minimum Gasteiger partial charge on any atom is -0.394 e. The van der Waals surface area contributed by atoms with Gasteiger partial charge in [-0.1, -0.05) is 301 Å². The van der Waals surface area contributed by atoms with Gasteiger partial charge in [0.25, 0.3) is 0 Å². The van der Waals surface area contributed by atoms with Gasteiger partial charge < -0.3 is 15.5 Å². The van der Waals surface area contributed by atoms with E-state index in [-0.39, 0.29) is 12.5 Å². The molecular weight excluding hydrogens is 771 g/mol. The lowest BCUT2D eigenvalue weighted by Gasteiger charge is -2.19. The number of carbonyl (C=O) groups is 1. The van der Waals surface area contributed by atoms with Gasteiger partial charge in [0, 0.05) is 6.42 Å². The first-order valence-corrected chi connectivity index (χ1v) is 28.7. The molecule has 0 saturated heterocycles. The first-order valence-electron chi connectivity index (χ1n) is 28.7. The van der Waals surface area contributed by atoms with Gasteiger partial charge in [-0.3, -0.25) is 4.79 Å². The molecule has 0 heterocycles. The van der Waals surface area contributed by atoms with Gasteiger partial charge in [-0.05, 0) is 44.9 Å². The molecule has 0 rings (SSSR count). The number of unbranched alkanes of at least 4 members (excludes halogenated alkanes) is 42. The van der Waals surface area contributed by atoms with E-state index in [1.807, 2.05) is 6.08 Å². The number of nitrogens with one attached hydrogen (secondary N) is 1. The smallest absolute Gasteiger partial charge is 0.220 e. The van der Waals surface area contributed by atoms with Gasteiger partial charge in [0.1, 0.15) is 0 Å². The van der Waals surface area contributed by atoms with Gasteiger partial charge in [0.2, 0.25) is 5.91 Å². The molecule has 0 bridgehead atoms. The molecule has 4 nitrogen and oxygen atoms in total. The molecule has 1 amide bonds. The summed E-state index contributed by atoms with van der Waals surface area (Å²) in [5, 5.41) is 23.1. The SMILES string of the molecule is CCCCCCCCCCCCCC/C=C/CC/C=C/CC/C=C/C(O)C(CO)NC(=O)CCCCCCCCCCCCCCCCCCCCCCCCCCCCCCC. The van der Waals surface area contributed by atoms with Crippen LogP contribution in [0, 0.1) is 0 Å². The normalized spacial score (nSPS) is 13.0. The van der Waals surface area contributed by atoms with E-state index in [1.54, 1.807) is 6.08 Å². The Morgan fingerprint density at radius 1 is 0.365 bits per heavy atom. The summed E-state index contributed by atoms with van der Waals surface area (Å²) in [6.07, 6.45) is 74.6. The number of hydrogen-bond acceptors (Lipinski definition) is 3. The molecule has 0 aliphatic heterocycles. The lowest BCUT2D eigenvalue weighted by atomic mass is 10.0. The van der Waals surface area contributed by atoms with Crippen molar-refractivity contribution in [1.82, 2.24) is 5.32 Å². The van der Waals surface area contributed by atoms with Crippen molar-refractivity contribution in [2.75, 3.05) is 6.61 Å². The van der Waals surface area contributed by atoms with Crippen LogP contribution in [0.2, 0.25) is 0 Å². The molecule has 4 heteroatoms. The lowest BCUT2D eigenvalue weighted by Crippen LogP contribution is -2.45. The minimum atomic E-state index is -0.869. The lowest BCUT2D eigenvalue weighted by molar-refractivity contribution is -0.123. The maximum absolute atomic E-state index is 12.5. The molecule has 0 fully saturated rings. The predicted molar refractivity (Wildman–Crippen MR) is 281 cm³/mol. The van der Waals surface area contributed by atoms with Gasteiger partial charge in [-0.25, -0.2) is 0 Å². The number of aliphatic hydroxyl groups is 2. The highest BCUT2D eigenvalue weighted by atomic mass is 16.3. The molecule has 3 N–H and O–H groups in total. The van der Waals surface area contributed by atoms with Gasteiger partial charge in [0.05, 0.1) is 18.8 Å². The fraction of sp³-hybridized carbons (Fsp3) is 0.881. The fourth-order valence-electron chi connectivity index (χ4n) is 8.98. The van der Waals surface area contributed by atoms with E-state index in [4.69, 9.17) is 0 Å². The topological polar surface area (TPSA) is 69.6 Å². The second kappa shape index (κ2) is 54.9. The molecule has 0 aromatic rings. The zero-order valence-electron chi connectivity index (χ0n) is 42.9. The Bertz CT molecular complexity index is 958. The molecule has 0 radical (unpaired) electrons. The standard InChI is InChI=1S/C59H113NO3/c1-3-5-7-9-11-13-15-17-19-21-23-25-27-28-29-30-31-32-33-35-37-39-41-43-45-47-49-51-53-55-59(63)60-57(56-61)58(62)54-52-50-48-46-44-42-40-38-36-34-26-24-22-20-18-16-14-12-10-8-6-4-2/h36,38,44,46,52,54,57-58,61-62H,3-35,37,39-43,45,47-51,53,55-56H2,1-2H3,(H,60,63)/b38-36+,46-44+,54-52+. The Kier molecular flexibility index (Phi) is 53.7. The van der Waals surface area contributed by atoms with Crippen molar-refractivity contribution in [3.8, 4) is 0 Å². The molecule has 2 atom stereocenters. The Balaban J connectivity index is 3.50. The molecule has 2 unspecified atom stereocenters. The molecule has 0 spiro atoms. The van der Waals surface area contributed by atoms with E-state index >= 15 is 0 Å². The average Bonchev–Trinajstić information content (AvgIpc) is 3.29. The van der Waals surface area contributed by atoms with Gasteiger partial charge in [-0.2, -0.15) is 0 Å². The number of amides is 1. The van der Waals surface area contributed by atoms with Crippen LogP contribution >= 0.6 is 0 Å². The van der Waals surface area contributed by atoms with Crippen LogP contribution in [-0.4, -0.2) is 34.9 Å². The van der Waals surface area contributed by atoms with E-state index in [0.29, 0.717) is 6.42 Å². The molecule has 0 aliphatic carbocycles. The van der Waals surface area contributed by atoms with E-state index in [2.05, 4.69) is 43.5 Å². The van der Waals surface area contributed by atoms with Gasteiger partial charge >= 0.3 is 0 Å². The average molecular weight is 885 g/mol. The fourth-order valence-corrected chi connectivity index (χ4v) is 8.98. The molecular formula is C59H113NO3. The van der Waals surface area contributed by atoms with Crippen molar-refractivity contribution in [2.24, 2.45) is 0 Å². The number of aliphatic hydroxyl groups excluding tert-OH is 2. The van der Waals surface area contributed by atoms with E-state index < -0.39 is 12.1 Å². The van der Waals surface area contributed by atoms with Crippen molar-refractivity contribution < 1.29 is 15.0 Å². The van der Waals surface area contributed by atoms with Crippen LogP contribution in [0.4, 0.5) is 0 Å². The van der Waals surface area contributed by atoms with Crippen LogP contribution in [0.1, 0.15) is 316 Å². The maximum atomic E-state index is 12.5. The first-order chi connectivity index (χ1) is 31.2. The third-order valence-corrected chi connectivity index (χ3v) is 13.4. The monoisotopic (exact) mass is 884 g/mol. The van der Waals surface area contributed by atoms with Crippen molar-refractivity contribution in [1.29, 1.82) is 0 Å². The summed E-state index contributed by atoms with van der Waals surface area (Å²) in [5.41, 5.74) is 0. The van der Waals surface area contributed by atoms with Crippen LogP contribution in [0.15, 0.2) is 36.5 Å². The van der Waals surface area contributed by atoms with Crippen molar-refractivity contribution >= 4 is 5.91 Å².